The van der Waals surface area contributed by atoms with Crippen LogP contribution in [0, 0.1) is 0 Å². The highest BCUT2D eigenvalue weighted by molar-refractivity contribution is 7.07. The predicted octanol–water partition coefficient (Wildman–Crippen LogP) is 2.76. The number of nitrogens with zero attached hydrogens (tertiary/aromatic N) is 2. The molecule has 0 unspecified atom stereocenters. The van der Waals surface area contributed by atoms with Crippen LogP contribution in [0.5, 0.6) is 17.2 Å². The van der Waals surface area contributed by atoms with Gasteiger partial charge in [-0.05, 0) is 62.2 Å². The maximum Gasteiger partial charge on any atom is 0.344 e. The molecule has 0 saturated carbocycles. The highest BCUT2D eigenvalue weighted by Crippen LogP contribution is 2.36. The van der Waals surface area contributed by atoms with E-state index in [-0.39, 0.29) is 31.0 Å². The number of aromatic nitrogens is 1. The number of methoxy groups -OCH3 is 2. The minimum Gasteiger partial charge on any atom is -0.493 e. The summed E-state index contributed by atoms with van der Waals surface area (Å²) in [5.74, 6) is 0.484. The number of fused-ring (bicyclic) bond motifs is 1. The van der Waals surface area contributed by atoms with Crippen molar-refractivity contribution in [2.45, 2.75) is 26.8 Å². The van der Waals surface area contributed by atoms with Crippen LogP contribution in [0.1, 0.15) is 37.9 Å². The molecule has 0 radical (unpaired) electrons. The molecule has 2 heterocycles. The van der Waals surface area contributed by atoms with Crippen molar-refractivity contribution in [2.75, 3.05) is 34.0 Å². The third-order valence-corrected chi connectivity index (χ3v) is 7.06. The lowest BCUT2D eigenvalue weighted by Crippen LogP contribution is -2.39. The van der Waals surface area contributed by atoms with Crippen molar-refractivity contribution in [2.24, 2.45) is 4.99 Å². The molecule has 0 amide bonds. The number of carbonyl (C=O) groups is 2. The van der Waals surface area contributed by atoms with Crippen molar-refractivity contribution in [1.29, 1.82) is 0 Å². The fourth-order valence-electron chi connectivity index (χ4n) is 4.29. The zero-order valence-electron chi connectivity index (χ0n) is 22.9. The summed E-state index contributed by atoms with van der Waals surface area (Å²) in [4.78, 5) is 43.5. The molecule has 210 valence electrons. The highest BCUT2D eigenvalue weighted by Gasteiger charge is 2.33. The Hall–Kier alpha value is -4.38. The molecule has 0 N–H and O–H groups in total. The van der Waals surface area contributed by atoms with Crippen molar-refractivity contribution >= 4 is 29.4 Å². The second-order valence-corrected chi connectivity index (χ2v) is 9.59. The lowest BCUT2D eigenvalue weighted by Gasteiger charge is -2.25. The van der Waals surface area contributed by atoms with E-state index in [0.717, 1.165) is 5.56 Å². The summed E-state index contributed by atoms with van der Waals surface area (Å²) >= 11 is 1.22. The van der Waals surface area contributed by atoms with Crippen molar-refractivity contribution in [1.82, 2.24) is 4.57 Å². The van der Waals surface area contributed by atoms with Crippen molar-refractivity contribution in [3.63, 3.8) is 0 Å². The number of hydrogen-bond acceptors (Lipinski definition) is 10. The van der Waals surface area contributed by atoms with E-state index < -0.39 is 18.0 Å². The third-order valence-electron chi connectivity index (χ3n) is 6.08. The first-order chi connectivity index (χ1) is 19.3. The summed E-state index contributed by atoms with van der Waals surface area (Å²) in [6.45, 7) is 5.45. The molecular formula is C29H30N2O8S. The highest BCUT2D eigenvalue weighted by atomic mass is 32.1. The van der Waals surface area contributed by atoms with Crippen molar-refractivity contribution in [3.05, 3.63) is 84.5 Å². The molecule has 0 bridgehead atoms. The van der Waals surface area contributed by atoms with Gasteiger partial charge < -0.3 is 23.7 Å². The molecule has 3 aromatic rings. The molecule has 0 spiro atoms. The Morgan fingerprint density at radius 1 is 1.00 bits per heavy atom. The minimum absolute atomic E-state index is 0.179. The summed E-state index contributed by atoms with van der Waals surface area (Å²) in [6, 6.07) is 11.4. The average molecular weight is 567 g/mol. The lowest BCUT2D eigenvalue weighted by atomic mass is 9.95. The summed E-state index contributed by atoms with van der Waals surface area (Å²) in [5.41, 5.74) is 1.83. The molecule has 2 aromatic carbocycles. The van der Waals surface area contributed by atoms with Gasteiger partial charge in [-0.2, -0.15) is 0 Å². The quantitative estimate of drug-likeness (QED) is 0.344. The standard InChI is InChI=1S/C29H30N2O8S/c1-6-37-24(32)16-39-20-11-8-18(9-12-20)14-23-27(33)31-26(19-10-13-21(35-4)22(15-19)36-5)25(28(34)38-7-2)17(3)30-29(31)40-23/h8-15,26H,6-7,16H2,1-5H3/b23-14-/t26-/m0/s1. The smallest absolute Gasteiger partial charge is 0.344 e. The number of esters is 2. The summed E-state index contributed by atoms with van der Waals surface area (Å²) in [6.07, 6.45) is 1.74. The molecule has 1 aromatic heterocycles. The van der Waals surface area contributed by atoms with E-state index in [4.69, 9.17) is 23.7 Å². The Balaban J connectivity index is 1.77. The average Bonchev–Trinajstić information content (AvgIpc) is 3.25. The SMILES string of the molecule is CCOC(=O)COc1ccc(/C=c2\sc3n(c2=O)[C@@H](c2ccc(OC)c(OC)c2)C(C(=O)OCC)=C(C)N=3)cc1. The Morgan fingerprint density at radius 3 is 2.35 bits per heavy atom. The fraction of sp³-hybridized carbons (Fsp3) is 0.310. The fourth-order valence-corrected chi connectivity index (χ4v) is 5.33. The predicted molar refractivity (Wildman–Crippen MR) is 149 cm³/mol. The minimum atomic E-state index is -0.782. The summed E-state index contributed by atoms with van der Waals surface area (Å²) in [7, 11) is 3.06. The van der Waals surface area contributed by atoms with Gasteiger partial charge >= 0.3 is 11.9 Å². The monoisotopic (exact) mass is 566 g/mol. The second kappa shape index (κ2) is 12.6. The number of hydrogen-bond donors (Lipinski definition) is 0. The first-order valence-corrected chi connectivity index (χ1v) is 13.4. The van der Waals surface area contributed by atoms with Gasteiger partial charge in [0, 0.05) is 0 Å². The van der Waals surface area contributed by atoms with E-state index in [1.54, 1.807) is 69.3 Å². The van der Waals surface area contributed by atoms with E-state index in [9.17, 15) is 14.4 Å². The van der Waals surface area contributed by atoms with Crippen LogP contribution < -0.4 is 29.1 Å². The van der Waals surface area contributed by atoms with E-state index in [1.165, 1.54) is 30.1 Å². The van der Waals surface area contributed by atoms with Gasteiger partial charge in [-0.15, -0.1) is 0 Å². The number of benzene rings is 2. The summed E-state index contributed by atoms with van der Waals surface area (Å²) < 4.78 is 28.5. The van der Waals surface area contributed by atoms with E-state index >= 15 is 0 Å². The van der Waals surface area contributed by atoms with Crippen LogP contribution in [-0.2, 0) is 19.1 Å². The van der Waals surface area contributed by atoms with Crippen LogP contribution in [0.2, 0.25) is 0 Å². The molecule has 0 fully saturated rings. The Morgan fingerprint density at radius 2 is 1.70 bits per heavy atom. The van der Waals surface area contributed by atoms with Gasteiger partial charge in [0.1, 0.15) is 5.75 Å². The van der Waals surface area contributed by atoms with Crippen LogP contribution in [0.25, 0.3) is 6.08 Å². The van der Waals surface area contributed by atoms with Gasteiger partial charge in [0.05, 0.1) is 49.3 Å². The van der Waals surface area contributed by atoms with Gasteiger partial charge in [-0.25, -0.2) is 14.6 Å². The van der Waals surface area contributed by atoms with Crippen LogP contribution in [0.4, 0.5) is 0 Å². The van der Waals surface area contributed by atoms with Crippen molar-refractivity contribution in [3.8, 4) is 17.2 Å². The van der Waals surface area contributed by atoms with Crippen molar-refractivity contribution < 1.29 is 33.3 Å². The zero-order chi connectivity index (χ0) is 28.8. The van der Waals surface area contributed by atoms with Crippen LogP contribution in [0.15, 0.2) is 63.5 Å². The first kappa shape index (κ1) is 28.6. The Kier molecular flexibility index (Phi) is 9.05. The van der Waals surface area contributed by atoms with Gasteiger partial charge in [-0.3, -0.25) is 9.36 Å². The largest absolute Gasteiger partial charge is 0.493 e. The van der Waals surface area contributed by atoms with E-state index in [2.05, 4.69) is 4.99 Å². The molecule has 1 atom stereocenters. The molecule has 0 saturated heterocycles. The zero-order valence-corrected chi connectivity index (χ0v) is 23.7. The van der Waals surface area contributed by atoms with Gasteiger partial charge in [-0.1, -0.05) is 29.5 Å². The molecule has 11 heteroatoms. The number of rotatable bonds is 10. The number of carbonyl (C=O) groups excluding carboxylic acids is 2. The lowest BCUT2D eigenvalue weighted by molar-refractivity contribution is -0.145. The van der Waals surface area contributed by atoms with Gasteiger partial charge in [0.2, 0.25) is 0 Å². The summed E-state index contributed by atoms with van der Waals surface area (Å²) in [5, 5.41) is 0. The molecule has 10 nitrogen and oxygen atoms in total. The normalized spacial score (nSPS) is 14.7. The maximum absolute atomic E-state index is 13.8. The second-order valence-electron chi connectivity index (χ2n) is 8.58. The number of thiazole rings is 1. The third kappa shape index (κ3) is 5.94. The molecule has 40 heavy (non-hydrogen) atoms. The number of allylic oxidation sites excluding steroid dienone is 1. The van der Waals surface area contributed by atoms with Crippen LogP contribution in [0.3, 0.4) is 0 Å². The Bertz CT molecular complexity index is 1620. The maximum atomic E-state index is 13.8. The van der Waals surface area contributed by atoms with Gasteiger partial charge in [0.15, 0.2) is 22.9 Å². The molecular weight excluding hydrogens is 536 g/mol. The van der Waals surface area contributed by atoms with Crippen LogP contribution in [-0.4, -0.2) is 50.5 Å². The van der Waals surface area contributed by atoms with Gasteiger partial charge in [0.25, 0.3) is 5.56 Å². The first-order valence-electron chi connectivity index (χ1n) is 12.6. The van der Waals surface area contributed by atoms with E-state index in [0.29, 0.717) is 37.8 Å². The molecule has 0 aliphatic carbocycles. The Labute approximate surface area is 234 Å². The van der Waals surface area contributed by atoms with E-state index in [1.807, 2.05) is 0 Å². The molecule has 1 aliphatic heterocycles. The van der Waals surface area contributed by atoms with Crippen LogP contribution >= 0.6 is 11.3 Å². The topological polar surface area (TPSA) is 115 Å². The molecule has 1 aliphatic rings. The molecule has 4 rings (SSSR count). The number of ether oxygens (including phenoxy) is 5.